The lowest BCUT2D eigenvalue weighted by atomic mass is 10.1. The Balaban J connectivity index is 2.19. The van der Waals surface area contributed by atoms with Crippen molar-refractivity contribution in [2.45, 2.75) is 13.5 Å². The summed E-state index contributed by atoms with van der Waals surface area (Å²) in [6.07, 6.45) is 0. The minimum Gasteiger partial charge on any atom is -0.480 e. The molecule has 90 valence electrons. The lowest BCUT2D eigenvalue weighted by Crippen LogP contribution is -2.28. The normalized spacial score (nSPS) is 11.2. The molecule has 17 heavy (non-hydrogen) atoms. The molecule has 1 N–H and O–H groups in total. The number of aliphatic carboxylic acids is 1. The summed E-state index contributed by atoms with van der Waals surface area (Å²) in [6.45, 7) is 3.53. The van der Waals surface area contributed by atoms with Gasteiger partial charge in [-0.15, -0.1) is 11.3 Å². The van der Waals surface area contributed by atoms with Crippen LogP contribution in [0.1, 0.15) is 12.5 Å². The van der Waals surface area contributed by atoms with Gasteiger partial charge in [0, 0.05) is 11.2 Å². The Bertz CT molecular complexity index is 521. The van der Waals surface area contributed by atoms with Gasteiger partial charge in [0.05, 0.1) is 6.54 Å². The Labute approximate surface area is 104 Å². The fourth-order valence-electron chi connectivity index (χ4n) is 1.87. The van der Waals surface area contributed by atoms with Crippen molar-refractivity contribution in [1.82, 2.24) is 4.90 Å². The van der Waals surface area contributed by atoms with E-state index in [1.807, 2.05) is 24.0 Å². The van der Waals surface area contributed by atoms with Crippen LogP contribution in [0, 0.1) is 0 Å². The summed E-state index contributed by atoms with van der Waals surface area (Å²) in [6, 6.07) is 8.23. The topological polar surface area (TPSA) is 40.5 Å². The van der Waals surface area contributed by atoms with E-state index in [9.17, 15) is 4.79 Å². The monoisotopic (exact) mass is 249 g/mol. The first-order chi connectivity index (χ1) is 8.20. The highest BCUT2D eigenvalue weighted by Gasteiger charge is 2.11. The number of carboxylic acids is 1. The van der Waals surface area contributed by atoms with Gasteiger partial charge in [-0.3, -0.25) is 9.69 Å². The van der Waals surface area contributed by atoms with Crippen LogP contribution in [0.4, 0.5) is 0 Å². The van der Waals surface area contributed by atoms with E-state index in [4.69, 9.17) is 5.11 Å². The maximum atomic E-state index is 10.7. The molecule has 0 spiro atoms. The van der Waals surface area contributed by atoms with E-state index in [0.717, 1.165) is 6.54 Å². The molecule has 0 radical (unpaired) electrons. The average Bonchev–Trinajstić information content (AvgIpc) is 2.71. The zero-order valence-corrected chi connectivity index (χ0v) is 10.5. The van der Waals surface area contributed by atoms with Crippen LogP contribution in [0.5, 0.6) is 0 Å². The van der Waals surface area contributed by atoms with Crippen molar-refractivity contribution in [3.8, 4) is 0 Å². The molecule has 1 aromatic heterocycles. The lowest BCUT2D eigenvalue weighted by molar-refractivity contribution is -0.138. The molecular formula is C13H15NO2S. The predicted octanol–water partition coefficient (Wildman–Crippen LogP) is 2.81. The number of nitrogens with zero attached hydrogens (tertiary/aromatic N) is 1. The van der Waals surface area contributed by atoms with Gasteiger partial charge in [-0.05, 0) is 28.9 Å². The summed E-state index contributed by atoms with van der Waals surface area (Å²) in [7, 11) is 0. The fraction of sp³-hybridized carbons (Fsp3) is 0.308. The largest absolute Gasteiger partial charge is 0.480 e. The van der Waals surface area contributed by atoms with Crippen molar-refractivity contribution in [1.29, 1.82) is 0 Å². The van der Waals surface area contributed by atoms with Crippen molar-refractivity contribution in [3.63, 3.8) is 0 Å². The third kappa shape index (κ3) is 2.84. The van der Waals surface area contributed by atoms with Gasteiger partial charge >= 0.3 is 5.97 Å². The SMILES string of the molecule is CCN(CC(=O)O)Cc1csc2ccccc12. The van der Waals surface area contributed by atoms with E-state index in [-0.39, 0.29) is 6.54 Å². The van der Waals surface area contributed by atoms with E-state index in [2.05, 4.69) is 17.5 Å². The molecule has 0 atom stereocenters. The van der Waals surface area contributed by atoms with Gasteiger partial charge in [-0.25, -0.2) is 0 Å². The Kier molecular flexibility index (Phi) is 3.76. The van der Waals surface area contributed by atoms with Gasteiger partial charge in [0.25, 0.3) is 0 Å². The van der Waals surface area contributed by atoms with Crippen LogP contribution in [-0.2, 0) is 11.3 Å². The second-order valence-electron chi connectivity index (χ2n) is 3.95. The second-order valence-corrected chi connectivity index (χ2v) is 4.87. The molecule has 0 aliphatic heterocycles. The maximum Gasteiger partial charge on any atom is 0.317 e. The third-order valence-electron chi connectivity index (χ3n) is 2.76. The molecule has 2 rings (SSSR count). The van der Waals surface area contributed by atoms with Crippen LogP contribution >= 0.6 is 11.3 Å². The van der Waals surface area contributed by atoms with Crippen molar-refractivity contribution in [2.24, 2.45) is 0 Å². The van der Waals surface area contributed by atoms with Gasteiger partial charge < -0.3 is 5.11 Å². The van der Waals surface area contributed by atoms with Crippen LogP contribution in [0.2, 0.25) is 0 Å². The van der Waals surface area contributed by atoms with Gasteiger partial charge in [0.1, 0.15) is 0 Å². The molecule has 0 saturated carbocycles. The van der Waals surface area contributed by atoms with Gasteiger partial charge in [0.15, 0.2) is 0 Å². The molecule has 4 heteroatoms. The molecule has 0 aliphatic carbocycles. The first-order valence-corrected chi connectivity index (χ1v) is 6.48. The molecule has 0 unspecified atom stereocenters. The number of rotatable bonds is 5. The third-order valence-corrected chi connectivity index (χ3v) is 3.77. The molecular weight excluding hydrogens is 234 g/mol. The van der Waals surface area contributed by atoms with Crippen LogP contribution < -0.4 is 0 Å². The molecule has 3 nitrogen and oxygen atoms in total. The van der Waals surface area contributed by atoms with Crippen molar-refractivity contribution in [3.05, 3.63) is 35.2 Å². The van der Waals surface area contributed by atoms with Crippen LogP contribution in [-0.4, -0.2) is 29.1 Å². The second kappa shape index (κ2) is 5.29. The summed E-state index contributed by atoms with van der Waals surface area (Å²) < 4.78 is 1.26. The minimum atomic E-state index is -0.772. The minimum absolute atomic E-state index is 0.0979. The first-order valence-electron chi connectivity index (χ1n) is 5.60. The van der Waals surface area contributed by atoms with E-state index in [1.54, 1.807) is 11.3 Å². The summed E-state index contributed by atoms with van der Waals surface area (Å²) in [5.41, 5.74) is 1.22. The summed E-state index contributed by atoms with van der Waals surface area (Å²) in [5.74, 6) is -0.772. The Hall–Kier alpha value is -1.39. The molecule has 0 aliphatic rings. The number of carbonyl (C=O) groups is 1. The van der Waals surface area contributed by atoms with E-state index in [0.29, 0.717) is 6.54 Å². The Morgan fingerprint density at radius 3 is 2.88 bits per heavy atom. The molecule has 1 aromatic carbocycles. The summed E-state index contributed by atoms with van der Waals surface area (Å²) in [4.78, 5) is 12.6. The van der Waals surface area contributed by atoms with Crippen LogP contribution in [0.25, 0.3) is 10.1 Å². The van der Waals surface area contributed by atoms with Gasteiger partial charge in [-0.2, -0.15) is 0 Å². The fourth-order valence-corrected chi connectivity index (χ4v) is 2.82. The van der Waals surface area contributed by atoms with Crippen molar-refractivity contribution in [2.75, 3.05) is 13.1 Å². The molecule has 0 saturated heterocycles. The number of carboxylic acid groups (broad SMARTS) is 1. The predicted molar refractivity (Wildman–Crippen MR) is 70.4 cm³/mol. The smallest absolute Gasteiger partial charge is 0.317 e. The van der Waals surface area contributed by atoms with Gasteiger partial charge in [0.2, 0.25) is 0 Å². The quantitative estimate of drug-likeness (QED) is 0.885. The highest BCUT2D eigenvalue weighted by molar-refractivity contribution is 7.17. The number of fused-ring (bicyclic) bond motifs is 1. The van der Waals surface area contributed by atoms with Crippen LogP contribution in [0.3, 0.4) is 0 Å². The molecule has 1 heterocycles. The highest BCUT2D eigenvalue weighted by atomic mass is 32.1. The zero-order valence-electron chi connectivity index (χ0n) is 9.72. The maximum absolute atomic E-state index is 10.7. The van der Waals surface area contributed by atoms with Crippen molar-refractivity contribution < 1.29 is 9.90 Å². The van der Waals surface area contributed by atoms with Crippen molar-refractivity contribution >= 4 is 27.4 Å². The van der Waals surface area contributed by atoms with E-state index in [1.165, 1.54) is 15.6 Å². The van der Waals surface area contributed by atoms with Crippen LogP contribution in [0.15, 0.2) is 29.6 Å². The molecule has 0 amide bonds. The molecule has 0 bridgehead atoms. The average molecular weight is 249 g/mol. The summed E-state index contributed by atoms with van der Waals surface area (Å²) >= 11 is 1.71. The first kappa shape index (κ1) is 12.1. The highest BCUT2D eigenvalue weighted by Crippen LogP contribution is 2.26. The summed E-state index contributed by atoms with van der Waals surface area (Å²) in [5, 5.41) is 12.2. The van der Waals surface area contributed by atoms with Gasteiger partial charge in [-0.1, -0.05) is 25.1 Å². The zero-order chi connectivity index (χ0) is 12.3. The Morgan fingerprint density at radius 1 is 1.41 bits per heavy atom. The number of hydrogen-bond donors (Lipinski definition) is 1. The Morgan fingerprint density at radius 2 is 2.18 bits per heavy atom. The number of likely N-dealkylation sites (N-methyl/N-ethyl adjacent to an activating group) is 1. The molecule has 0 fully saturated rings. The standard InChI is InChI=1S/C13H15NO2S/c1-2-14(8-13(15)16)7-10-9-17-12-6-4-3-5-11(10)12/h3-6,9H,2,7-8H2,1H3,(H,15,16). The molecule has 2 aromatic rings. The van der Waals surface area contributed by atoms with E-state index < -0.39 is 5.97 Å². The number of hydrogen-bond acceptors (Lipinski definition) is 3. The number of benzene rings is 1. The lowest BCUT2D eigenvalue weighted by Gasteiger charge is -2.17. The number of thiophene rings is 1. The van der Waals surface area contributed by atoms with E-state index >= 15 is 0 Å².